The van der Waals surface area contributed by atoms with Crippen molar-refractivity contribution in [3.05, 3.63) is 18.0 Å². The van der Waals surface area contributed by atoms with Gasteiger partial charge in [0.15, 0.2) is 8.32 Å². The molecule has 0 heterocycles. The van der Waals surface area contributed by atoms with Gasteiger partial charge >= 0.3 is 0 Å². The second kappa shape index (κ2) is 10.1. The molecule has 0 aliphatic heterocycles. The Bertz CT molecular complexity index is 323. The Morgan fingerprint density at radius 2 is 1.62 bits per heavy atom. The summed E-state index contributed by atoms with van der Waals surface area (Å²) >= 11 is 0. The summed E-state index contributed by atoms with van der Waals surface area (Å²) in [7, 11) is -1.56. The fourth-order valence-corrected chi connectivity index (χ4v) is 2.78. The van der Waals surface area contributed by atoms with E-state index in [1.807, 2.05) is 0 Å². The second-order valence-electron chi connectivity index (χ2n) is 7.08. The van der Waals surface area contributed by atoms with Crippen LogP contribution in [-0.4, -0.2) is 26.3 Å². The molecule has 0 amide bonds. The van der Waals surface area contributed by atoms with E-state index >= 15 is 0 Å². The van der Waals surface area contributed by atoms with Crippen molar-refractivity contribution >= 4 is 8.32 Å². The maximum absolute atomic E-state index is 10.8. The largest absolute Gasteiger partial charge is 0.595 e. The van der Waals surface area contributed by atoms with Crippen LogP contribution in [0.3, 0.4) is 0 Å². The highest BCUT2D eigenvalue weighted by atomic mass is 28.4. The van der Waals surface area contributed by atoms with Gasteiger partial charge in [0.2, 0.25) is 6.20 Å². The molecule has 0 aromatic rings. The van der Waals surface area contributed by atoms with Gasteiger partial charge in [0.05, 0.1) is 0 Å². The number of nitrogens with zero attached hydrogens (tertiary/aromatic N) is 2. The van der Waals surface area contributed by atoms with Crippen molar-refractivity contribution in [2.24, 2.45) is 5.11 Å². The molecule has 4 nitrogen and oxygen atoms in total. The van der Waals surface area contributed by atoms with E-state index in [2.05, 4.69) is 45.6 Å². The number of unbranched alkanes of at least 4 members (excludes halogenated alkanes) is 5. The smallest absolute Gasteiger partial charge is 0.202 e. The van der Waals surface area contributed by atoms with Crippen LogP contribution in [0.25, 0.3) is 0 Å². The maximum atomic E-state index is 10.8. The minimum Gasteiger partial charge on any atom is -0.595 e. The van der Waals surface area contributed by atoms with E-state index in [0.717, 1.165) is 25.9 Å². The van der Waals surface area contributed by atoms with E-state index in [9.17, 15) is 5.21 Å². The molecule has 0 bridgehead atoms. The summed E-state index contributed by atoms with van der Waals surface area (Å²) in [5, 5.41) is 14.9. The lowest BCUT2D eigenvalue weighted by Crippen LogP contribution is -2.40. The Labute approximate surface area is 132 Å². The molecule has 0 saturated carbocycles. The number of rotatable bonds is 11. The lowest BCUT2D eigenvalue weighted by molar-refractivity contribution is -0.458. The summed E-state index contributed by atoms with van der Waals surface area (Å²) in [6.07, 6.45) is 8.13. The Hall–Kier alpha value is -0.683. The molecule has 0 aromatic carbocycles. The normalized spacial score (nSPS) is 13.5. The minimum atomic E-state index is -1.56. The molecule has 0 rings (SSSR count). The predicted molar refractivity (Wildman–Crippen MR) is 92.0 cm³/mol. The van der Waals surface area contributed by atoms with Crippen molar-refractivity contribution in [1.29, 1.82) is 0 Å². The van der Waals surface area contributed by atoms with Gasteiger partial charge < -0.3 is 9.63 Å². The zero-order valence-electron chi connectivity index (χ0n) is 14.7. The summed E-state index contributed by atoms with van der Waals surface area (Å²) in [6.45, 7) is 16.3. The lowest BCUT2D eigenvalue weighted by Gasteiger charge is -2.36. The highest BCUT2D eigenvalue weighted by molar-refractivity contribution is 6.74. The van der Waals surface area contributed by atoms with Gasteiger partial charge in [0.1, 0.15) is 6.54 Å². The summed E-state index contributed by atoms with van der Waals surface area (Å²) in [5.74, 6) is 0. The van der Waals surface area contributed by atoms with Crippen LogP contribution in [0.15, 0.2) is 17.9 Å². The molecule has 0 aliphatic carbocycles. The highest BCUT2D eigenvalue weighted by Gasteiger charge is 2.36. The van der Waals surface area contributed by atoms with Gasteiger partial charge in [-0.25, -0.2) is 0 Å². The van der Waals surface area contributed by atoms with E-state index in [1.54, 1.807) is 0 Å². The zero-order valence-corrected chi connectivity index (χ0v) is 15.7. The molecule has 0 unspecified atom stereocenters. The predicted octanol–water partition coefficient (Wildman–Crippen LogP) is 5.45. The fraction of sp³-hybridized carbons (Fsp3) is 0.875. The Morgan fingerprint density at radius 3 is 2.14 bits per heavy atom. The minimum absolute atomic E-state index is 0.303. The van der Waals surface area contributed by atoms with E-state index < -0.39 is 8.32 Å². The number of azo groups is 1. The standard InChI is InChI=1S/C16H34N2O2Si/c1-7-18(19)17-14-12-10-8-9-11-13-15-20-21(5,6)16(2,3)4/h7H,1,8-15H2,2-6H3. The van der Waals surface area contributed by atoms with Crippen LogP contribution in [0, 0.1) is 5.21 Å². The topological polar surface area (TPSA) is 47.7 Å². The average Bonchev–Trinajstić information content (AvgIpc) is 2.39. The first-order chi connectivity index (χ1) is 9.70. The number of hydrogen-bond donors (Lipinski definition) is 0. The van der Waals surface area contributed by atoms with Gasteiger partial charge in [-0.05, 0) is 42.7 Å². The highest BCUT2D eigenvalue weighted by Crippen LogP contribution is 2.36. The Balaban J connectivity index is 3.48. The first-order valence-corrected chi connectivity index (χ1v) is 11.0. The Kier molecular flexibility index (Phi) is 9.78. The molecule has 0 atom stereocenters. The van der Waals surface area contributed by atoms with Crippen molar-refractivity contribution in [2.75, 3.05) is 13.2 Å². The fourth-order valence-electron chi connectivity index (χ4n) is 1.69. The molecule has 0 spiro atoms. The SMILES string of the molecule is C=C[N+]([O-])=NCCCCCCCCO[Si](C)(C)C(C)(C)C. The van der Waals surface area contributed by atoms with Gasteiger partial charge in [-0.2, -0.15) is 0 Å². The molecule has 0 saturated heterocycles. The van der Waals surface area contributed by atoms with Gasteiger partial charge in [0.25, 0.3) is 0 Å². The van der Waals surface area contributed by atoms with E-state index in [-0.39, 0.29) is 0 Å². The van der Waals surface area contributed by atoms with E-state index in [4.69, 9.17) is 4.43 Å². The second-order valence-corrected chi connectivity index (χ2v) is 11.9. The van der Waals surface area contributed by atoms with Crippen LogP contribution in [0.1, 0.15) is 59.3 Å². The van der Waals surface area contributed by atoms with Crippen LogP contribution < -0.4 is 0 Å². The van der Waals surface area contributed by atoms with Crippen molar-refractivity contribution in [3.63, 3.8) is 0 Å². The first-order valence-electron chi connectivity index (χ1n) is 8.11. The maximum Gasteiger partial charge on any atom is 0.202 e. The summed E-state index contributed by atoms with van der Waals surface area (Å²) in [5.41, 5.74) is 0. The van der Waals surface area contributed by atoms with Crippen LogP contribution >= 0.6 is 0 Å². The molecule has 0 aromatic heterocycles. The average molecular weight is 315 g/mol. The molecule has 124 valence electrons. The number of hydrogen-bond acceptors (Lipinski definition) is 3. The van der Waals surface area contributed by atoms with E-state index in [1.165, 1.54) is 25.5 Å². The third kappa shape index (κ3) is 9.80. The monoisotopic (exact) mass is 314 g/mol. The van der Waals surface area contributed by atoms with Crippen molar-refractivity contribution in [3.8, 4) is 0 Å². The van der Waals surface area contributed by atoms with Crippen molar-refractivity contribution in [1.82, 2.24) is 0 Å². The molecular weight excluding hydrogens is 280 g/mol. The van der Waals surface area contributed by atoms with Crippen LogP contribution in [0.2, 0.25) is 18.1 Å². The molecule has 21 heavy (non-hydrogen) atoms. The van der Waals surface area contributed by atoms with Crippen molar-refractivity contribution in [2.45, 2.75) is 77.4 Å². The van der Waals surface area contributed by atoms with Gasteiger partial charge in [-0.3, -0.25) is 0 Å². The molecule has 0 aliphatic rings. The van der Waals surface area contributed by atoms with Crippen LogP contribution in [0.5, 0.6) is 0 Å². The zero-order chi connectivity index (χ0) is 16.4. The number of hydroxylamine groups is 1. The summed E-state index contributed by atoms with van der Waals surface area (Å²) < 4.78 is 6.15. The Morgan fingerprint density at radius 1 is 1.10 bits per heavy atom. The molecule has 0 N–H and O–H groups in total. The third-order valence-electron chi connectivity index (χ3n) is 4.22. The quantitative estimate of drug-likeness (QED) is 0.167. The summed E-state index contributed by atoms with van der Waals surface area (Å²) in [6, 6.07) is 0. The lowest BCUT2D eigenvalue weighted by atomic mass is 10.1. The van der Waals surface area contributed by atoms with Crippen molar-refractivity contribution < 1.29 is 9.29 Å². The first kappa shape index (κ1) is 20.3. The van der Waals surface area contributed by atoms with Crippen LogP contribution in [0.4, 0.5) is 0 Å². The molecule has 0 radical (unpaired) electrons. The van der Waals surface area contributed by atoms with Crippen LogP contribution in [-0.2, 0) is 4.43 Å². The molecule has 0 fully saturated rings. The van der Waals surface area contributed by atoms with Gasteiger partial charge in [-0.1, -0.05) is 51.3 Å². The summed E-state index contributed by atoms with van der Waals surface area (Å²) in [4.78, 5) is 0.540. The van der Waals surface area contributed by atoms with E-state index in [0.29, 0.717) is 16.4 Å². The van der Waals surface area contributed by atoms with Gasteiger partial charge in [-0.15, -0.1) is 0 Å². The molecular formula is C16H34N2O2Si. The molecule has 5 heteroatoms. The third-order valence-corrected chi connectivity index (χ3v) is 8.76. The van der Waals surface area contributed by atoms with Gasteiger partial charge in [0, 0.05) is 6.61 Å².